The summed E-state index contributed by atoms with van der Waals surface area (Å²) in [6.07, 6.45) is 0. The van der Waals surface area contributed by atoms with E-state index in [-0.39, 0.29) is 23.5 Å². The number of rotatable bonds is 9. The van der Waals surface area contributed by atoms with Crippen molar-refractivity contribution >= 4 is 29.3 Å². The van der Waals surface area contributed by atoms with E-state index in [1.807, 2.05) is 30.3 Å². The number of nitrogens with one attached hydrogen (secondary N) is 1. The van der Waals surface area contributed by atoms with Crippen molar-refractivity contribution in [1.82, 2.24) is 5.32 Å². The second-order valence-corrected chi connectivity index (χ2v) is 8.11. The zero-order valence-corrected chi connectivity index (χ0v) is 19.9. The molecule has 0 radical (unpaired) electrons. The summed E-state index contributed by atoms with van der Waals surface area (Å²) < 4.78 is 16.5. The zero-order chi connectivity index (χ0) is 24.7. The van der Waals surface area contributed by atoms with Crippen LogP contribution in [0, 0.1) is 11.3 Å². The van der Waals surface area contributed by atoms with Crippen LogP contribution in [0.4, 0.5) is 0 Å². The summed E-state index contributed by atoms with van der Waals surface area (Å²) in [5.41, 5.74) is 7.59. The highest BCUT2D eigenvalue weighted by Gasteiger charge is 2.39. The van der Waals surface area contributed by atoms with Crippen LogP contribution in [0.1, 0.15) is 24.0 Å². The number of hydrogen-bond acceptors (Lipinski definition) is 8. The molecule has 0 saturated heterocycles. The Bertz CT molecular complexity index is 1180. The second-order valence-electron chi connectivity index (χ2n) is 7.13. The number of carbonyl (C=O) groups is 2. The van der Waals surface area contributed by atoms with Gasteiger partial charge in [0.25, 0.3) is 0 Å². The van der Waals surface area contributed by atoms with Gasteiger partial charge in [-0.05, 0) is 18.6 Å². The predicted octanol–water partition coefficient (Wildman–Crippen LogP) is 3.32. The number of para-hydroxylation sites is 1. The van der Waals surface area contributed by atoms with Gasteiger partial charge in [0.2, 0.25) is 5.91 Å². The summed E-state index contributed by atoms with van der Waals surface area (Å²) in [7, 11) is 3.00. The molecule has 3 rings (SSSR count). The molecule has 34 heavy (non-hydrogen) atoms. The maximum absolute atomic E-state index is 13.3. The molecule has 0 saturated carbocycles. The van der Waals surface area contributed by atoms with E-state index in [9.17, 15) is 14.9 Å². The van der Waals surface area contributed by atoms with Crippen molar-refractivity contribution in [3.05, 3.63) is 75.8 Å². The van der Waals surface area contributed by atoms with Gasteiger partial charge in [-0.25, -0.2) is 4.79 Å². The fourth-order valence-electron chi connectivity index (χ4n) is 3.75. The Morgan fingerprint density at radius 1 is 1.12 bits per heavy atom. The second kappa shape index (κ2) is 11.3. The zero-order valence-electron chi connectivity index (χ0n) is 19.1. The third-order valence-electron chi connectivity index (χ3n) is 5.11. The third kappa shape index (κ3) is 5.02. The summed E-state index contributed by atoms with van der Waals surface area (Å²) in [6.45, 7) is 1.87. The molecular formula is C25H25N3O5S. The van der Waals surface area contributed by atoms with E-state index in [1.54, 1.807) is 25.1 Å². The van der Waals surface area contributed by atoms with Crippen LogP contribution in [0.15, 0.2) is 64.7 Å². The molecular weight excluding hydrogens is 454 g/mol. The summed E-state index contributed by atoms with van der Waals surface area (Å²) in [4.78, 5) is 24.9. The number of nitrogens with zero attached hydrogens (tertiary/aromatic N) is 1. The highest BCUT2D eigenvalue weighted by Crippen LogP contribution is 2.48. The number of primary amides is 1. The minimum absolute atomic E-state index is 0.0493. The van der Waals surface area contributed by atoms with Crippen LogP contribution < -0.4 is 20.5 Å². The van der Waals surface area contributed by atoms with Crippen molar-refractivity contribution in [3.63, 3.8) is 0 Å². The lowest BCUT2D eigenvalue weighted by Crippen LogP contribution is -2.30. The van der Waals surface area contributed by atoms with Gasteiger partial charge in [0.1, 0.15) is 0 Å². The van der Waals surface area contributed by atoms with Gasteiger partial charge >= 0.3 is 5.97 Å². The quantitative estimate of drug-likeness (QED) is 0.525. The minimum Gasteiger partial charge on any atom is -0.493 e. The monoisotopic (exact) mass is 479 g/mol. The molecule has 9 heteroatoms. The maximum Gasteiger partial charge on any atom is 0.337 e. The first kappa shape index (κ1) is 24.7. The molecule has 2 aromatic carbocycles. The smallest absolute Gasteiger partial charge is 0.337 e. The Hall–Kier alpha value is -3.90. The molecule has 0 unspecified atom stereocenters. The largest absolute Gasteiger partial charge is 0.493 e. The Balaban J connectivity index is 2.37. The van der Waals surface area contributed by atoms with Crippen molar-refractivity contribution in [2.45, 2.75) is 12.8 Å². The number of methoxy groups -OCH3 is 2. The van der Waals surface area contributed by atoms with E-state index in [0.717, 1.165) is 11.8 Å². The van der Waals surface area contributed by atoms with E-state index < -0.39 is 17.8 Å². The molecule has 1 aliphatic rings. The number of hydrogen-bond donors (Lipinski definition) is 2. The van der Waals surface area contributed by atoms with E-state index >= 15 is 0 Å². The first-order valence-electron chi connectivity index (χ1n) is 10.5. The van der Waals surface area contributed by atoms with Gasteiger partial charge in [-0.1, -0.05) is 54.2 Å². The van der Waals surface area contributed by atoms with Crippen LogP contribution in [-0.4, -0.2) is 38.5 Å². The summed E-state index contributed by atoms with van der Waals surface area (Å²) >= 11 is 1.10. The Morgan fingerprint density at radius 2 is 1.85 bits per heavy atom. The highest BCUT2D eigenvalue weighted by molar-refractivity contribution is 8.03. The van der Waals surface area contributed by atoms with E-state index in [0.29, 0.717) is 33.4 Å². The van der Waals surface area contributed by atoms with Gasteiger partial charge < -0.3 is 25.3 Å². The minimum atomic E-state index is -0.846. The summed E-state index contributed by atoms with van der Waals surface area (Å²) in [5.74, 6) is -1.17. The van der Waals surface area contributed by atoms with Crippen molar-refractivity contribution in [2.75, 3.05) is 26.6 Å². The van der Waals surface area contributed by atoms with Crippen molar-refractivity contribution < 1.29 is 23.8 Å². The number of benzene rings is 2. The maximum atomic E-state index is 13.3. The molecule has 176 valence electrons. The molecule has 1 heterocycles. The number of carbonyl (C=O) groups excluding carboxylic acids is 2. The lowest BCUT2D eigenvalue weighted by Gasteiger charge is -2.31. The van der Waals surface area contributed by atoms with Crippen LogP contribution >= 0.6 is 11.8 Å². The van der Waals surface area contributed by atoms with Crippen LogP contribution in [0.3, 0.4) is 0 Å². The topological polar surface area (TPSA) is 124 Å². The highest BCUT2D eigenvalue weighted by atomic mass is 32.2. The molecule has 1 aliphatic heterocycles. The van der Waals surface area contributed by atoms with E-state index in [2.05, 4.69) is 11.4 Å². The molecule has 0 bridgehead atoms. The molecule has 0 aromatic heterocycles. The number of dihydropyridines is 1. The number of allylic oxidation sites excluding steroid dienone is 1. The predicted molar refractivity (Wildman–Crippen MR) is 130 cm³/mol. The van der Waals surface area contributed by atoms with Crippen LogP contribution in [0.5, 0.6) is 11.5 Å². The molecule has 1 atom stereocenters. The fourth-order valence-corrected chi connectivity index (χ4v) is 4.53. The fraction of sp³-hybridized carbons (Fsp3) is 0.240. The Kier molecular flexibility index (Phi) is 8.22. The molecule has 0 spiro atoms. The third-order valence-corrected chi connectivity index (χ3v) is 6.15. The molecule has 0 fully saturated rings. The standard InChI is InChI=1S/C25H25N3O5S/c1-4-33-25(30)21-20(16-11-8-12-18(31-2)23(16)32-3)17(13-26)24(34-14-19(27)29)28-22(21)15-9-6-5-7-10-15/h5-12,20,28H,4,14H2,1-3H3,(H2,27,29)/t20-/m1/s1. The lowest BCUT2D eigenvalue weighted by molar-refractivity contribution is -0.138. The Morgan fingerprint density at radius 3 is 2.44 bits per heavy atom. The molecule has 2 aromatic rings. The van der Waals surface area contributed by atoms with Gasteiger partial charge in [0.15, 0.2) is 11.5 Å². The van der Waals surface area contributed by atoms with Gasteiger partial charge in [-0.15, -0.1) is 0 Å². The molecule has 8 nitrogen and oxygen atoms in total. The lowest BCUT2D eigenvalue weighted by atomic mass is 9.80. The average molecular weight is 480 g/mol. The first-order valence-corrected chi connectivity index (χ1v) is 11.4. The van der Waals surface area contributed by atoms with Crippen molar-refractivity contribution in [2.24, 2.45) is 5.73 Å². The SMILES string of the molecule is CCOC(=O)C1=C(c2ccccc2)NC(SCC(N)=O)=C(C#N)[C@H]1c1cccc(OC)c1OC. The first-order chi connectivity index (χ1) is 16.5. The Labute approximate surface area is 202 Å². The number of nitriles is 1. The van der Waals surface area contributed by atoms with Gasteiger partial charge in [0, 0.05) is 5.56 Å². The van der Waals surface area contributed by atoms with Crippen LogP contribution in [0.2, 0.25) is 0 Å². The van der Waals surface area contributed by atoms with Crippen LogP contribution in [0.25, 0.3) is 5.70 Å². The normalized spacial score (nSPS) is 15.3. The number of ether oxygens (including phenoxy) is 3. The van der Waals surface area contributed by atoms with Crippen molar-refractivity contribution in [1.29, 1.82) is 5.26 Å². The number of amides is 1. The van der Waals surface area contributed by atoms with Gasteiger partial charge in [-0.3, -0.25) is 4.79 Å². The van der Waals surface area contributed by atoms with Gasteiger partial charge in [0.05, 0.1) is 60.4 Å². The number of esters is 1. The number of thioether (sulfide) groups is 1. The van der Waals surface area contributed by atoms with E-state index in [1.165, 1.54) is 14.2 Å². The molecule has 3 N–H and O–H groups in total. The summed E-state index contributed by atoms with van der Waals surface area (Å²) in [6, 6.07) is 16.7. The van der Waals surface area contributed by atoms with Gasteiger partial charge in [-0.2, -0.15) is 5.26 Å². The number of nitrogens with two attached hydrogens (primary N) is 1. The average Bonchev–Trinajstić information content (AvgIpc) is 2.86. The molecule has 0 aliphatic carbocycles. The summed E-state index contributed by atoms with van der Waals surface area (Å²) in [5, 5.41) is 13.8. The van der Waals surface area contributed by atoms with Crippen molar-refractivity contribution in [3.8, 4) is 17.6 Å². The molecule has 1 amide bonds. The van der Waals surface area contributed by atoms with E-state index in [4.69, 9.17) is 19.9 Å². The van der Waals surface area contributed by atoms with Crippen LogP contribution in [-0.2, 0) is 14.3 Å².